The van der Waals surface area contributed by atoms with Crippen molar-refractivity contribution < 1.29 is 28.6 Å². The van der Waals surface area contributed by atoms with Gasteiger partial charge in [0.15, 0.2) is 0 Å². The number of halogens is 2. The maximum absolute atomic E-state index is 14.0. The first-order valence-corrected chi connectivity index (χ1v) is 7.94. The number of carboxylic acids is 1. The van der Waals surface area contributed by atoms with Crippen LogP contribution in [-0.4, -0.2) is 28.1 Å². The van der Waals surface area contributed by atoms with E-state index in [4.69, 9.17) is 0 Å². The van der Waals surface area contributed by atoms with Gasteiger partial charge in [0.2, 0.25) is 0 Å². The zero-order valence-corrected chi connectivity index (χ0v) is 14.5. The largest absolute Gasteiger partial charge is 0.507 e. The summed E-state index contributed by atoms with van der Waals surface area (Å²) >= 11 is 0. The number of amides is 1. The van der Waals surface area contributed by atoms with E-state index in [2.05, 4.69) is 5.32 Å². The number of carbonyl (C=O) groups is 2. The van der Waals surface area contributed by atoms with Crippen LogP contribution >= 0.6 is 0 Å². The topological polar surface area (TPSA) is 86.6 Å². The van der Waals surface area contributed by atoms with Crippen LogP contribution in [0, 0.1) is 24.5 Å². The summed E-state index contributed by atoms with van der Waals surface area (Å²) in [6, 6.07) is 4.59. The van der Waals surface area contributed by atoms with Crippen LogP contribution < -0.4 is 5.32 Å². The van der Waals surface area contributed by atoms with Crippen LogP contribution in [0.25, 0.3) is 11.1 Å². The van der Waals surface area contributed by atoms with Gasteiger partial charge in [-0.3, -0.25) is 4.79 Å². The molecule has 138 valence electrons. The predicted molar refractivity (Wildman–Crippen MR) is 91.9 cm³/mol. The van der Waals surface area contributed by atoms with Crippen molar-refractivity contribution in [2.45, 2.75) is 26.8 Å². The Morgan fingerprint density at radius 2 is 1.77 bits per heavy atom. The van der Waals surface area contributed by atoms with Gasteiger partial charge in [-0.05, 0) is 48.2 Å². The molecule has 0 saturated carbocycles. The van der Waals surface area contributed by atoms with Crippen molar-refractivity contribution in [3.63, 3.8) is 0 Å². The lowest BCUT2D eigenvalue weighted by molar-refractivity contribution is -0.140. The Morgan fingerprint density at radius 1 is 1.12 bits per heavy atom. The zero-order chi connectivity index (χ0) is 19.6. The van der Waals surface area contributed by atoms with E-state index in [1.54, 1.807) is 13.8 Å². The lowest BCUT2D eigenvalue weighted by Crippen LogP contribution is -2.44. The zero-order valence-electron chi connectivity index (χ0n) is 14.5. The lowest BCUT2D eigenvalue weighted by atomic mass is 9.97. The molecule has 0 aliphatic heterocycles. The van der Waals surface area contributed by atoms with Crippen LogP contribution in [0.2, 0.25) is 0 Å². The number of aliphatic carboxylic acids is 1. The van der Waals surface area contributed by atoms with Crippen molar-refractivity contribution in [3.05, 3.63) is 53.1 Å². The number of benzene rings is 2. The van der Waals surface area contributed by atoms with Gasteiger partial charge in [0.25, 0.3) is 5.91 Å². The third-order valence-electron chi connectivity index (χ3n) is 4.01. The molecule has 0 fully saturated rings. The summed E-state index contributed by atoms with van der Waals surface area (Å²) in [5.41, 5.74) is 0.435. The Balaban J connectivity index is 2.48. The van der Waals surface area contributed by atoms with Crippen LogP contribution in [0.4, 0.5) is 8.78 Å². The number of rotatable bonds is 5. The number of hydrogen-bond acceptors (Lipinski definition) is 3. The van der Waals surface area contributed by atoms with E-state index >= 15 is 0 Å². The molecular weight excluding hydrogens is 344 g/mol. The monoisotopic (exact) mass is 363 g/mol. The minimum absolute atomic E-state index is 0.0576. The van der Waals surface area contributed by atoms with Gasteiger partial charge in [0.05, 0.1) is 5.56 Å². The summed E-state index contributed by atoms with van der Waals surface area (Å²) in [7, 11) is 0. The molecule has 0 spiro atoms. The van der Waals surface area contributed by atoms with E-state index in [0.29, 0.717) is 5.56 Å². The van der Waals surface area contributed by atoms with Gasteiger partial charge in [-0.15, -0.1) is 0 Å². The molecule has 3 N–H and O–H groups in total. The SMILES string of the molecule is Cc1cc(-c2ccc(F)cc2F)cc(C(=O)NC(C(=O)O)C(C)C)c1O. The fourth-order valence-corrected chi connectivity index (χ4v) is 2.56. The second-order valence-corrected chi connectivity index (χ2v) is 6.35. The number of phenolic OH excluding ortho intramolecular Hbond substituents is 1. The second kappa shape index (κ2) is 7.51. The molecule has 1 amide bonds. The molecule has 2 aromatic rings. The molecule has 1 atom stereocenters. The summed E-state index contributed by atoms with van der Waals surface area (Å²) in [6.45, 7) is 4.79. The summed E-state index contributed by atoms with van der Waals surface area (Å²) in [5.74, 6) is -4.26. The second-order valence-electron chi connectivity index (χ2n) is 6.35. The Hall–Kier alpha value is -2.96. The maximum Gasteiger partial charge on any atom is 0.326 e. The van der Waals surface area contributed by atoms with Gasteiger partial charge in [-0.2, -0.15) is 0 Å². The third-order valence-corrected chi connectivity index (χ3v) is 4.01. The molecule has 2 rings (SSSR count). The van der Waals surface area contributed by atoms with Crippen LogP contribution in [0.1, 0.15) is 29.8 Å². The molecule has 0 bridgehead atoms. The highest BCUT2D eigenvalue weighted by Crippen LogP contribution is 2.31. The molecule has 0 heterocycles. The number of aryl methyl sites for hydroxylation is 1. The normalized spacial score (nSPS) is 12.1. The molecule has 0 aromatic heterocycles. The van der Waals surface area contributed by atoms with E-state index in [0.717, 1.165) is 12.1 Å². The molecule has 5 nitrogen and oxygen atoms in total. The maximum atomic E-state index is 14.0. The van der Waals surface area contributed by atoms with E-state index < -0.39 is 29.6 Å². The molecule has 7 heteroatoms. The highest BCUT2D eigenvalue weighted by Gasteiger charge is 2.26. The van der Waals surface area contributed by atoms with E-state index in [9.17, 15) is 28.6 Å². The van der Waals surface area contributed by atoms with E-state index in [1.807, 2.05) is 0 Å². The highest BCUT2D eigenvalue weighted by atomic mass is 19.1. The Morgan fingerprint density at radius 3 is 2.31 bits per heavy atom. The number of aromatic hydroxyl groups is 1. The van der Waals surface area contributed by atoms with Gasteiger partial charge in [-0.25, -0.2) is 13.6 Å². The van der Waals surface area contributed by atoms with Gasteiger partial charge in [-0.1, -0.05) is 13.8 Å². The van der Waals surface area contributed by atoms with Crippen LogP contribution in [0.15, 0.2) is 30.3 Å². The molecule has 2 aromatic carbocycles. The average molecular weight is 363 g/mol. The first-order valence-electron chi connectivity index (χ1n) is 7.94. The van der Waals surface area contributed by atoms with Gasteiger partial charge < -0.3 is 15.5 Å². The Bertz CT molecular complexity index is 865. The predicted octanol–water partition coefficient (Wildman–Crippen LogP) is 3.48. The molecule has 26 heavy (non-hydrogen) atoms. The molecule has 0 aliphatic rings. The fraction of sp³-hybridized carbons (Fsp3) is 0.263. The molecular formula is C19H19F2NO4. The fourth-order valence-electron chi connectivity index (χ4n) is 2.56. The Labute approximate surface area is 149 Å². The number of carboxylic acid groups (broad SMARTS) is 1. The molecule has 0 radical (unpaired) electrons. The molecule has 1 unspecified atom stereocenters. The smallest absolute Gasteiger partial charge is 0.326 e. The number of carbonyl (C=O) groups excluding carboxylic acids is 1. The van der Waals surface area contributed by atoms with Crippen molar-refractivity contribution >= 4 is 11.9 Å². The van der Waals surface area contributed by atoms with Gasteiger partial charge in [0, 0.05) is 11.6 Å². The van der Waals surface area contributed by atoms with Gasteiger partial charge in [0.1, 0.15) is 23.4 Å². The van der Waals surface area contributed by atoms with Crippen LogP contribution in [-0.2, 0) is 4.79 Å². The first kappa shape index (κ1) is 19.4. The van der Waals surface area contributed by atoms with Crippen molar-refractivity contribution in [2.24, 2.45) is 5.92 Å². The number of phenols is 1. The minimum Gasteiger partial charge on any atom is -0.507 e. The standard InChI is InChI=1S/C19H19F2NO4/c1-9(2)16(19(25)26)22-18(24)14-7-11(6-10(3)17(14)23)13-5-4-12(20)8-15(13)21/h4-9,16,23H,1-3H3,(H,22,24)(H,25,26). The van der Waals surface area contributed by atoms with E-state index in [-0.39, 0.29) is 28.4 Å². The van der Waals surface area contributed by atoms with Gasteiger partial charge >= 0.3 is 5.97 Å². The number of nitrogens with one attached hydrogen (secondary N) is 1. The Kier molecular flexibility index (Phi) is 5.59. The summed E-state index contributed by atoms with van der Waals surface area (Å²) in [6.07, 6.45) is 0. The number of hydrogen-bond donors (Lipinski definition) is 3. The average Bonchev–Trinajstić information content (AvgIpc) is 2.54. The summed E-state index contributed by atoms with van der Waals surface area (Å²) in [5, 5.41) is 21.7. The lowest BCUT2D eigenvalue weighted by Gasteiger charge is -2.19. The molecule has 0 aliphatic carbocycles. The van der Waals surface area contributed by atoms with Crippen molar-refractivity contribution in [1.82, 2.24) is 5.32 Å². The summed E-state index contributed by atoms with van der Waals surface area (Å²) < 4.78 is 27.2. The first-order chi connectivity index (χ1) is 12.1. The molecule has 0 saturated heterocycles. The van der Waals surface area contributed by atoms with Crippen LogP contribution in [0.5, 0.6) is 5.75 Å². The quantitative estimate of drug-likeness (QED) is 0.759. The minimum atomic E-state index is -1.20. The van der Waals surface area contributed by atoms with Crippen molar-refractivity contribution in [1.29, 1.82) is 0 Å². The summed E-state index contributed by atoms with van der Waals surface area (Å²) in [4.78, 5) is 23.7. The van der Waals surface area contributed by atoms with Crippen molar-refractivity contribution in [2.75, 3.05) is 0 Å². The third kappa shape index (κ3) is 3.99. The van der Waals surface area contributed by atoms with E-state index in [1.165, 1.54) is 25.1 Å². The van der Waals surface area contributed by atoms with Crippen LogP contribution in [0.3, 0.4) is 0 Å². The van der Waals surface area contributed by atoms with Crippen molar-refractivity contribution in [3.8, 4) is 16.9 Å². The highest BCUT2D eigenvalue weighted by molar-refractivity contribution is 6.00.